The van der Waals surface area contributed by atoms with E-state index in [2.05, 4.69) is 6.07 Å². The van der Waals surface area contributed by atoms with Gasteiger partial charge in [0.1, 0.15) is 17.9 Å². The lowest BCUT2D eigenvalue weighted by molar-refractivity contribution is -0.150. The largest absolute Gasteiger partial charge is 0.491 e. The van der Waals surface area contributed by atoms with Crippen molar-refractivity contribution in [2.24, 2.45) is 0 Å². The van der Waals surface area contributed by atoms with Gasteiger partial charge in [0, 0.05) is 53.1 Å². The number of amides is 2. The Bertz CT molecular complexity index is 1130. The van der Waals surface area contributed by atoms with Crippen LogP contribution >= 0.6 is 0 Å². The van der Waals surface area contributed by atoms with Crippen LogP contribution in [0.25, 0.3) is 0 Å². The van der Waals surface area contributed by atoms with Crippen molar-refractivity contribution in [1.82, 2.24) is 9.80 Å². The first-order valence-electron chi connectivity index (χ1n) is 12.8. The first-order chi connectivity index (χ1) is 17.9. The number of fused-ring (bicyclic) bond motifs is 3. The highest BCUT2D eigenvalue weighted by molar-refractivity contribution is 5.97. The number of carbonyl (C=O) groups is 2. The summed E-state index contributed by atoms with van der Waals surface area (Å²) in [6.07, 6.45) is 2.07. The maximum Gasteiger partial charge on any atom is 0.257 e. The number of ether oxygens (including phenoxy) is 3. The second kappa shape index (κ2) is 12.2. The number of nitriles is 1. The third kappa shape index (κ3) is 6.30. The van der Waals surface area contributed by atoms with Crippen LogP contribution in [0.2, 0.25) is 0 Å². The Morgan fingerprint density at radius 2 is 1.76 bits per heavy atom. The summed E-state index contributed by atoms with van der Waals surface area (Å²) in [5.74, 6) is -0.182. The van der Waals surface area contributed by atoms with Gasteiger partial charge in [-0.25, -0.2) is 0 Å². The zero-order valence-corrected chi connectivity index (χ0v) is 21.8. The molecule has 2 aliphatic rings. The van der Waals surface area contributed by atoms with E-state index in [1.807, 2.05) is 30.3 Å². The molecule has 8 heteroatoms. The molecule has 196 valence electrons. The van der Waals surface area contributed by atoms with Gasteiger partial charge in [0.2, 0.25) is 5.91 Å². The van der Waals surface area contributed by atoms with E-state index in [0.29, 0.717) is 43.0 Å². The molecular weight excluding hydrogens is 470 g/mol. The number of benzene rings is 2. The molecule has 0 saturated carbocycles. The normalized spacial score (nSPS) is 25.7. The van der Waals surface area contributed by atoms with Crippen molar-refractivity contribution in [3.63, 3.8) is 0 Å². The fraction of sp³-hybridized carbons (Fsp3) is 0.483. The lowest BCUT2D eigenvalue weighted by atomic mass is 9.93. The predicted molar refractivity (Wildman–Crippen MR) is 138 cm³/mol. The van der Waals surface area contributed by atoms with Crippen LogP contribution in [0.1, 0.15) is 53.1 Å². The summed E-state index contributed by atoms with van der Waals surface area (Å²) in [6.45, 7) is 1.06. The van der Waals surface area contributed by atoms with Gasteiger partial charge in [-0.05, 0) is 30.5 Å². The Kier molecular flexibility index (Phi) is 8.80. The molecule has 2 aromatic rings. The minimum atomic E-state index is -0.252. The molecule has 2 aliphatic heterocycles. The second-order valence-electron chi connectivity index (χ2n) is 9.85. The van der Waals surface area contributed by atoms with E-state index < -0.39 is 0 Å². The molecule has 37 heavy (non-hydrogen) atoms. The molecule has 2 heterocycles. The minimum Gasteiger partial charge on any atom is -0.491 e. The van der Waals surface area contributed by atoms with Gasteiger partial charge in [-0.2, -0.15) is 5.26 Å². The van der Waals surface area contributed by atoms with Crippen LogP contribution < -0.4 is 4.74 Å². The maximum absolute atomic E-state index is 13.6. The van der Waals surface area contributed by atoms with Crippen molar-refractivity contribution in [2.75, 3.05) is 40.9 Å². The van der Waals surface area contributed by atoms with Crippen molar-refractivity contribution in [2.45, 2.75) is 49.9 Å². The highest BCUT2D eigenvalue weighted by Crippen LogP contribution is 2.30. The first-order valence-corrected chi connectivity index (χ1v) is 12.8. The molecule has 2 bridgehead atoms. The van der Waals surface area contributed by atoms with Crippen LogP contribution in [0, 0.1) is 11.3 Å². The number of rotatable bonds is 2. The standard InChI is InChI=1S/C29H35N3O5/c1-31-19-26-25(35-3)13-12-23(37-26)14-15-36-28-21(17-30)10-7-11-24(28)29(34)32(2)18-22(16-27(31)33)20-8-5-4-6-9-20/h4-11,22-23,25-26H,12-16,18-19H2,1-3H3/t22-,23-,25-,26+/m0/s1. The predicted octanol–water partition coefficient (Wildman–Crippen LogP) is 3.61. The molecule has 4 atom stereocenters. The van der Waals surface area contributed by atoms with E-state index in [0.717, 1.165) is 18.4 Å². The maximum atomic E-state index is 13.6. The van der Waals surface area contributed by atoms with Crippen LogP contribution in [-0.4, -0.2) is 80.8 Å². The highest BCUT2D eigenvalue weighted by atomic mass is 16.5. The molecule has 1 saturated heterocycles. The number of para-hydroxylation sites is 1. The van der Waals surface area contributed by atoms with E-state index in [4.69, 9.17) is 14.2 Å². The fourth-order valence-electron chi connectivity index (χ4n) is 5.19. The van der Waals surface area contributed by atoms with Gasteiger partial charge in [-0.15, -0.1) is 0 Å². The number of methoxy groups -OCH3 is 1. The number of nitrogens with zero attached hydrogens (tertiary/aromatic N) is 3. The van der Waals surface area contributed by atoms with Crippen molar-refractivity contribution < 1.29 is 23.8 Å². The highest BCUT2D eigenvalue weighted by Gasteiger charge is 2.34. The lowest BCUT2D eigenvalue weighted by Crippen LogP contribution is -2.48. The molecule has 0 aromatic heterocycles. The fourth-order valence-corrected chi connectivity index (χ4v) is 5.19. The van der Waals surface area contributed by atoms with Crippen LogP contribution in [0.5, 0.6) is 5.75 Å². The Labute approximate surface area is 218 Å². The van der Waals surface area contributed by atoms with Gasteiger partial charge in [0.15, 0.2) is 0 Å². The number of likely N-dealkylation sites (N-methyl/N-ethyl adjacent to an activating group) is 2. The molecule has 0 N–H and O–H groups in total. The van der Waals surface area contributed by atoms with Crippen LogP contribution in [0.4, 0.5) is 0 Å². The third-order valence-electron chi connectivity index (χ3n) is 7.32. The SMILES string of the molecule is CO[C@H]1CC[C@H]2CCOc3c(C#N)cccc3C(=O)N(C)C[C@@H](c3ccccc3)CC(=O)N(C)C[C@H]1O2. The first kappa shape index (κ1) is 26.6. The summed E-state index contributed by atoms with van der Waals surface area (Å²) in [7, 11) is 5.20. The van der Waals surface area contributed by atoms with E-state index in [1.54, 1.807) is 49.2 Å². The average Bonchev–Trinajstić information content (AvgIpc) is 2.92. The van der Waals surface area contributed by atoms with E-state index in [-0.39, 0.29) is 42.5 Å². The second-order valence-corrected chi connectivity index (χ2v) is 9.85. The quantitative estimate of drug-likeness (QED) is 0.619. The zero-order chi connectivity index (χ0) is 26.4. The molecule has 4 rings (SSSR count). The lowest BCUT2D eigenvalue weighted by Gasteiger charge is -2.38. The monoisotopic (exact) mass is 505 g/mol. The molecule has 0 spiro atoms. The Balaban J connectivity index is 1.69. The Morgan fingerprint density at radius 3 is 2.49 bits per heavy atom. The molecule has 2 amide bonds. The molecule has 0 aliphatic carbocycles. The van der Waals surface area contributed by atoms with Crippen molar-refractivity contribution >= 4 is 11.8 Å². The number of hydrogen-bond donors (Lipinski definition) is 0. The summed E-state index contributed by atoms with van der Waals surface area (Å²) >= 11 is 0. The average molecular weight is 506 g/mol. The molecule has 2 aromatic carbocycles. The Morgan fingerprint density at radius 1 is 0.973 bits per heavy atom. The van der Waals surface area contributed by atoms with Crippen LogP contribution in [0.3, 0.4) is 0 Å². The van der Waals surface area contributed by atoms with Gasteiger partial charge in [0.05, 0.1) is 29.9 Å². The van der Waals surface area contributed by atoms with Crippen molar-refractivity contribution in [3.05, 3.63) is 65.2 Å². The topological polar surface area (TPSA) is 92.1 Å². The van der Waals surface area contributed by atoms with E-state index >= 15 is 0 Å². The number of hydrogen-bond acceptors (Lipinski definition) is 6. The van der Waals surface area contributed by atoms with Crippen molar-refractivity contribution in [1.29, 1.82) is 5.26 Å². The summed E-state index contributed by atoms with van der Waals surface area (Å²) in [5.41, 5.74) is 1.64. The van der Waals surface area contributed by atoms with E-state index in [9.17, 15) is 14.9 Å². The van der Waals surface area contributed by atoms with E-state index in [1.165, 1.54) is 0 Å². The zero-order valence-electron chi connectivity index (χ0n) is 21.8. The minimum absolute atomic E-state index is 0.0159. The number of carbonyl (C=O) groups excluding carboxylic acids is 2. The smallest absolute Gasteiger partial charge is 0.257 e. The van der Waals surface area contributed by atoms with Crippen LogP contribution in [-0.2, 0) is 14.3 Å². The van der Waals surface area contributed by atoms with Gasteiger partial charge >= 0.3 is 0 Å². The summed E-state index contributed by atoms with van der Waals surface area (Å²) < 4.78 is 18.1. The molecule has 8 nitrogen and oxygen atoms in total. The molecule has 0 unspecified atom stereocenters. The van der Waals surface area contributed by atoms with Crippen molar-refractivity contribution in [3.8, 4) is 11.8 Å². The molecule has 0 radical (unpaired) electrons. The molecular formula is C29H35N3O5. The van der Waals surface area contributed by atoms with Gasteiger partial charge in [-0.3, -0.25) is 9.59 Å². The molecule has 1 fully saturated rings. The summed E-state index contributed by atoms with van der Waals surface area (Å²) in [4.78, 5) is 30.3. The summed E-state index contributed by atoms with van der Waals surface area (Å²) in [5, 5.41) is 9.69. The van der Waals surface area contributed by atoms with Gasteiger partial charge in [-0.1, -0.05) is 36.4 Å². The van der Waals surface area contributed by atoms with Gasteiger partial charge < -0.3 is 24.0 Å². The third-order valence-corrected chi connectivity index (χ3v) is 7.32. The van der Waals surface area contributed by atoms with Gasteiger partial charge in [0.25, 0.3) is 5.91 Å². The summed E-state index contributed by atoms with van der Waals surface area (Å²) in [6, 6.07) is 17.0. The Hall–Kier alpha value is -3.41. The van der Waals surface area contributed by atoms with Crippen LogP contribution in [0.15, 0.2) is 48.5 Å².